The van der Waals surface area contributed by atoms with Crippen LogP contribution in [0.1, 0.15) is 11.8 Å². The summed E-state index contributed by atoms with van der Waals surface area (Å²) in [5.41, 5.74) is 0.739. The van der Waals surface area contributed by atoms with Gasteiger partial charge in [0.25, 0.3) is 0 Å². The number of thiophene rings is 1. The Morgan fingerprint density at radius 1 is 1.14 bits per heavy atom. The Bertz CT molecular complexity index is 836. The molecule has 28 heavy (non-hydrogen) atoms. The highest BCUT2D eigenvalue weighted by Gasteiger charge is 2.26. The van der Waals surface area contributed by atoms with Crippen molar-refractivity contribution < 1.29 is 14.3 Å². The third-order valence-electron chi connectivity index (χ3n) is 5.15. The van der Waals surface area contributed by atoms with Crippen LogP contribution in [0.4, 0.5) is 5.69 Å². The fraction of sp³-hybridized carbons (Fsp3) is 0.450. The van der Waals surface area contributed by atoms with E-state index in [1.54, 1.807) is 11.3 Å². The summed E-state index contributed by atoms with van der Waals surface area (Å²) in [7, 11) is 0. The summed E-state index contributed by atoms with van der Waals surface area (Å²) in [6, 6.07) is 9.62. The van der Waals surface area contributed by atoms with Crippen LogP contribution in [0.2, 0.25) is 0 Å². The summed E-state index contributed by atoms with van der Waals surface area (Å²) in [6.07, 6.45) is 0. The third kappa shape index (κ3) is 4.68. The Hall–Kier alpha value is -1.61. The second-order valence-electron chi connectivity index (χ2n) is 7.04. The Balaban J connectivity index is 1.28. The van der Waals surface area contributed by atoms with E-state index in [-0.39, 0.29) is 11.9 Å². The van der Waals surface area contributed by atoms with Crippen LogP contribution < -0.4 is 14.8 Å². The molecule has 1 atom stereocenters. The van der Waals surface area contributed by atoms with Crippen LogP contribution in [-0.2, 0) is 11.3 Å². The van der Waals surface area contributed by atoms with Gasteiger partial charge < -0.3 is 14.8 Å². The molecular weight excluding hydrogens is 442 g/mol. The number of halogens is 1. The molecule has 2 aliphatic rings. The summed E-state index contributed by atoms with van der Waals surface area (Å²) in [6.45, 7) is 7.76. The lowest BCUT2D eigenvalue weighted by Gasteiger charge is -2.37. The van der Waals surface area contributed by atoms with Gasteiger partial charge in [0.05, 0.1) is 9.83 Å². The second kappa shape index (κ2) is 8.82. The molecule has 1 aromatic heterocycles. The molecule has 0 aliphatic carbocycles. The lowest BCUT2D eigenvalue weighted by molar-refractivity contribution is -0.121. The molecule has 1 fully saturated rings. The second-order valence-corrected chi connectivity index (χ2v) is 9.59. The number of piperazine rings is 1. The maximum atomic E-state index is 12.7. The number of nitrogens with one attached hydrogen (secondary N) is 1. The number of carbonyl (C=O) groups is 1. The maximum absolute atomic E-state index is 12.7. The molecule has 4 rings (SSSR count). The normalized spacial score (nSPS) is 18.6. The highest BCUT2D eigenvalue weighted by molar-refractivity contribution is 9.11. The monoisotopic (exact) mass is 465 g/mol. The number of rotatable bonds is 5. The van der Waals surface area contributed by atoms with Crippen LogP contribution in [0.3, 0.4) is 0 Å². The Morgan fingerprint density at radius 3 is 2.61 bits per heavy atom. The summed E-state index contributed by atoms with van der Waals surface area (Å²) >= 11 is 5.30. The highest BCUT2D eigenvalue weighted by atomic mass is 79.9. The van der Waals surface area contributed by atoms with Gasteiger partial charge in [0.2, 0.25) is 5.91 Å². The van der Waals surface area contributed by atoms with Gasteiger partial charge in [-0.05, 0) is 47.1 Å². The molecular formula is C20H24BrN3O3S. The van der Waals surface area contributed by atoms with E-state index >= 15 is 0 Å². The maximum Gasteiger partial charge on any atom is 0.241 e. The number of benzene rings is 1. The number of ether oxygens (including phenoxy) is 2. The average Bonchev–Trinajstić information content (AvgIpc) is 3.12. The zero-order valence-electron chi connectivity index (χ0n) is 15.8. The molecule has 0 saturated carbocycles. The van der Waals surface area contributed by atoms with Gasteiger partial charge in [0, 0.05) is 49.4 Å². The molecule has 0 spiro atoms. The van der Waals surface area contributed by atoms with Crippen LogP contribution in [0, 0.1) is 0 Å². The molecule has 2 aliphatic heterocycles. The summed E-state index contributed by atoms with van der Waals surface area (Å²) in [5, 5.41) is 3.01. The van der Waals surface area contributed by atoms with Crippen molar-refractivity contribution in [2.24, 2.45) is 0 Å². The van der Waals surface area contributed by atoms with E-state index in [1.807, 2.05) is 25.1 Å². The first-order chi connectivity index (χ1) is 13.6. The number of nitrogens with zero attached hydrogens (tertiary/aromatic N) is 2. The molecule has 3 heterocycles. The number of amides is 1. The van der Waals surface area contributed by atoms with Crippen LogP contribution in [0.25, 0.3) is 0 Å². The zero-order chi connectivity index (χ0) is 19.5. The van der Waals surface area contributed by atoms with Gasteiger partial charge in [-0.2, -0.15) is 0 Å². The van der Waals surface area contributed by atoms with Crippen molar-refractivity contribution in [3.05, 3.63) is 39.0 Å². The minimum absolute atomic E-state index is 0.00677. The Kier molecular flexibility index (Phi) is 6.20. The molecule has 0 radical (unpaired) electrons. The first-order valence-electron chi connectivity index (χ1n) is 9.49. The molecule has 0 bridgehead atoms. The number of fused-ring (bicyclic) bond motifs is 1. The predicted molar refractivity (Wildman–Crippen MR) is 114 cm³/mol. The SMILES string of the molecule is CC(C(=O)Nc1ccc2c(c1)OCCO2)N1CCN(Cc2ccc(Br)s2)CC1. The van der Waals surface area contributed by atoms with Gasteiger partial charge in [0.1, 0.15) is 13.2 Å². The van der Waals surface area contributed by atoms with E-state index in [0.717, 1.165) is 44.2 Å². The lowest BCUT2D eigenvalue weighted by atomic mass is 10.2. The van der Waals surface area contributed by atoms with Crippen LogP contribution in [0.15, 0.2) is 34.1 Å². The first kappa shape index (κ1) is 19.7. The molecule has 1 N–H and O–H groups in total. The number of hydrogen-bond donors (Lipinski definition) is 1. The van der Waals surface area contributed by atoms with Gasteiger partial charge in [-0.25, -0.2) is 0 Å². The van der Waals surface area contributed by atoms with E-state index in [0.29, 0.717) is 19.0 Å². The summed E-state index contributed by atoms with van der Waals surface area (Å²) in [4.78, 5) is 18.8. The standard InChI is InChI=1S/C20H24BrN3O3S/c1-14(20(25)22-15-2-4-17-18(12-15)27-11-10-26-17)24-8-6-23(7-9-24)13-16-3-5-19(21)28-16/h2-5,12,14H,6-11,13H2,1H3,(H,22,25). The van der Waals surface area contributed by atoms with Crippen molar-refractivity contribution >= 4 is 38.9 Å². The minimum Gasteiger partial charge on any atom is -0.486 e. The number of hydrogen-bond acceptors (Lipinski definition) is 6. The molecule has 6 nitrogen and oxygen atoms in total. The van der Waals surface area contributed by atoms with Crippen molar-refractivity contribution in [1.29, 1.82) is 0 Å². The van der Waals surface area contributed by atoms with Crippen molar-refractivity contribution in [2.75, 3.05) is 44.7 Å². The highest BCUT2D eigenvalue weighted by Crippen LogP contribution is 2.32. The lowest BCUT2D eigenvalue weighted by Crippen LogP contribution is -2.52. The molecule has 1 aromatic carbocycles. The Labute approximate surface area is 177 Å². The number of anilines is 1. The fourth-order valence-electron chi connectivity index (χ4n) is 3.50. The van der Waals surface area contributed by atoms with Gasteiger partial charge in [0.15, 0.2) is 11.5 Å². The predicted octanol–water partition coefficient (Wildman–Crippen LogP) is 3.43. The van der Waals surface area contributed by atoms with E-state index < -0.39 is 0 Å². The molecule has 1 unspecified atom stereocenters. The van der Waals surface area contributed by atoms with Gasteiger partial charge in [-0.15, -0.1) is 11.3 Å². The molecule has 8 heteroatoms. The van der Waals surface area contributed by atoms with E-state index in [9.17, 15) is 4.79 Å². The van der Waals surface area contributed by atoms with E-state index in [2.05, 4.69) is 43.2 Å². The van der Waals surface area contributed by atoms with Gasteiger partial charge in [-0.1, -0.05) is 0 Å². The van der Waals surface area contributed by atoms with Gasteiger partial charge in [-0.3, -0.25) is 14.6 Å². The third-order valence-corrected chi connectivity index (χ3v) is 6.76. The minimum atomic E-state index is -0.175. The smallest absolute Gasteiger partial charge is 0.241 e. The van der Waals surface area contributed by atoms with Crippen molar-refractivity contribution in [1.82, 2.24) is 9.80 Å². The van der Waals surface area contributed by atoms with Crippen LogP contribution >= 0.6 is 27.3 Å². The van der Waals surface area contributed by atoms with Crippen LogP contribution in [-0.4, -0.2) is 61.1 Å². The quantitative estimate of drug-likeness (QED) is 0.732. The Morgan fingerprint density at radius 2 is 1.89 bits per heavy atom. The summed E-state index contributed by atoms with van der Waals surface area (Å²) < 4.78 is 12.3. The van der Waals surface area contributed by atoms with Crippen LogP contribution in [0.5, 0.6) is 11.5 Å². The molecule has 1 saturated heterocycles. The molecule has 150 valence electrons. The molecule has 2 aromatic rings. The zero-order valence-corrected chi connectivity index (χ0v) is 18.2. The van der Waals surface area contributed by atoms with E-state index in [4.69, 9.17) is 9.47 Å². The van der Waals surface area contributed by atoms with Gasteiger partial charge >= 0.3 is 0 Å². The van der Waals surface area contributed by atoms with Crippen molar-refractivity contribution in [3.63, 3.8) is 0 Å². The fourth-order valence-corrected chi connectivity index (χ4v) is 5.03. The van der Waals surface area contributed by atoms with Crippen molar-refractivity contribution in [2.45, 2.75) is 19.5 Å². The summed E-state index contributed by atoms with van der Waals surface area (Å²) in [5.74, 6) is 1.42. The number of carbonyl (C=O) groups excluding carboxylic acids is 1. The van der Waals surface area contributed by atoms with E-state index in [1.165, 1.54) is 8.66 Å². The molecule has 1 amide bonds. The average molecular weight is 466 g/mol. The van der Waals surface area contributed by atoms with Crippen molar-refractivity contribution in [3.8, 4) is 11.5 Å². The first-order valence-corrected chi connectivity index (χ1v) is 11.1. The largest absolute Gasteiger partial charge is 0.486 e. The topological polar surface area (TPSA) is 54.0 Å².